The Morgan fingerprint density at radius 2 is 1.83 bits per heavy atom. The van der Waals surface area contributed by atoms with E-state index in [1.54, 1.807) is 0 Å². The molecule has 3 aliphatic heterocycles. The summed E-state index contributed by atoms with van der Waals surface area (Å²) in [6, 6.07) is 0.119. The van der Waals surface area contributed by atoms with E-state index in [9.17, 15) is 39.0 Å². The molecule has 7 N–H and O–H groups in total. The molecular weight excluding hydrogens is 686 g/mol. The number of nitrogens with zero attached hydrogens (tertiary/aromatic N) is 1. The van der Waals surface area contributed by atoms with E-state index in [0.717, 1.165) is 61.4 Å². The minimum absolute atomic E-state index is 0.0662. The van der Waals surface area contributed by atoms with Crippen molar-refractivity contribution in [3.63, 3.8) is 0 Å². The maximum absolute atomic E-state index is 13.2. The standard InChI is InChI=1S/C34H51N5O13/c1-4-5-6-7-8-9-15-49-34(47)52-28-27(48-3)26(51-32(28)39-14-13-24(41)38-33(39)46)19(29(35)43)16-22-25(42)21(40)17-23(50-22)31(45)37-20-12-10-11-18(2)36-30(20)44/h13-14,17-22,25-28,32,40,42H,4-12,15-16H2,1-3H3,(H2,35,43)(H,36,44)(H,37,45)(H,38,41,46)/t18-,19-,20+,21+,22-,25+,26-,27-,28-,32-/m1/s1. The normalized spacial score (nSPS) is 29.5. The topological polar surface area (TPSA) is 260 Å². The van der Waals surface area contributed by atoms with E-state index in [2.05, 4.69) is 22.5 Å². The van der Waals surface area contributed by atoms with E-state index in [1.165, 1.54) is 7.11 Å². The van der Waals surface area contributed by atoms with Gasteiger partial charge in [0.15, 0.2) is 18.1 Å². The fourth-order valence-electron chi connectivity index (χ4n) is 6.68. The summed E-state index contributed by atoms with van der Waals surface area (Å²) in [5, 5.41) is 27.0. The number of nitrogens with one attached hydrogen (secondary N) is 3. The molecule has 0 unspecified atom stereocenters. The lowest BCUT2D eigenvalue weighted by Crippen LogP contribution is -2.51. The highest BCUT2D eigenvalue weighted by Gasteiger charge is 2.54. The molecular formula is C34H51N5O13. The van der Waals surface area contributed by atoms with Crippen molar-refractivity contribution in [2.75, 3.05) is 13.7 Å². The molecule has 18 heteroatoms. The molecule has 18 nitrogen and oxygen atoms in total. The van der Waals surface area contributed by atoms with E-state index < -0.39 is 96.2 Å². The number of rotatable bonds is 16. The van der Waals surface area contributed by atoms with Gasteiger partial charge in [-0.2, -0.15) is 0 Å². The maximum Gasteiger partial charge on any atom is 0.508 e. The minimum Gasteiger partial charge on any atom is -0.482 e. The third kappa shape index (κ3) is 10.4. The van der Waals surface area contributed by atoms with Crippen LogP contribution in [0.4, 0.5) is 4.79 Å². The number of ether oxygens (including phenoxy) is 5. The average Bonchev–Trinajstić information content (AvgIpc) is 3.35. The number of aromatic nitrogens is 2. The second-order valence-electron chi connectivity index (χ2n) is 13.4. The largest absolute Gasteiger partial charge is 0.508 e. The van der Waals surface area contributed by atoms with Gasteiger partial charge in [-0.05, 0) is 38.7 Å². The summed E-state index contributed by atoms with van der Waals surface area (Å²) in [6.07, 6.45) is -2.05. The number of aromatic amines is 1. The van der Waals surface area contributed by atoms with Crippen molar-refractivity contribution in [2.24, 2.45) is 11.7 Å². The molecule has 0 spiro atoms. The molecule has 10 atom stereocenters. The number of amides is 3. The number of hydrogen-bond acceptors (Lipinski definition) is 13. The van der Waals surface area contributed by atoms with Crippen molar-refractivity contribution < 1.29 is 53.1 Å². The van der Waals surface area contributed by atoms with E-state index in [1.807, 2.05) is 6.92 Å². The first kappa shape index (κ1) is 40.5. The first-order valence-electron chi connectivity index (χ1n) is 17.8. The van der Waals surface area contributed by atoms with Gasteiger partial charge < -0.3 is 50.3 Å². The van der Waals surface area contributed by atoms with Gasteiger partial charge in [0.2, 0.25) is 11.8 Å². The molecule has 0 saturated carbocycles. The zero-order valence-electron chi connectivity index (χ0n) is 29.7. The molecule has 3 amide bonds. The third-order valence-electron chi connectivity index (χ3n) is 9.52. The van der Waals surface area contributed by atoms with Crippen LogP contribution >= 0.6 is 0 Å². The van der Waals surface area contributed by atoms with E-state index in [0.29, 0.717) is 19.3 Å². The third-order valence-corrected chi connectivity index (χ3v) is 9.52. The number of nitrogens with two attached hydrogens (primary N) is 1. The van der Waals surface area contributed by atoms with Crippen LogP contribution in [0.3, 0.4) is 0 Å². The molecule has 2 saturated heterocycles. The first-order valence-corrected chi connectivity index (χ1v) is 17.8. The zero-order valence-corrected chi connectivity index (χ0v) is 29.7. The Morgan fingerprint density at radius 1 is 1.10 bits per heavy atom. The fourth-order valence-corrected chi connectivity index (χ4v) is 6.68. The Labute approximate surface area is 300 Å². The van der Waals surface area contributed by atoms with Crippen LogP contribution in [-0.4, -0.2) is 106 Å². The lowest BCUT2D eigenvalue weighted by Gasteiger charge is -2.35. The summed E-state index contributed by atoms with van der Waals surface area (Å²) in [5.41, 5.74) is 4.22. The number of hydrogen-bond donors (Lipinski definition) is 6. The van der Waals surface area contributed by atoms with Crippen LogP contribution in [-0.2, 0) is 38.1 Å². The molecule has 4 heterocycles. The maximum atomic E-state index is 13.2. The van der Waals surface area contributed by atoms with Gasteiger partial charge in [0.05, 0.1) is 12.5 Å². The Kier molecular flexibility index (Phi) is 14.8. The zero-order chi connectivity index (χ0) is 37.9. The molecule has 2 fully saturated rings. The molecule has 52 heavy (non-hydrogen) atoms. The number of aliphatic hydroxyl groups excluding tert-OH is 2. The molecule has 3 aliphatic rings. The second-order valence-corrected chi connectivity index (χ2v) is 13.4. The average molecular weight is 738 g/mol. The van der Waals surface area contributed by atoms with Crippen molar-refractivity contribution in [3.8, 4) is 0 Å². The van der Waals surface area contributed by atoms with Crippen LogP contribution in [0.15, 0.2) is 33.7 Å². The van der Waals surface area contributed by atoms with Gasteiger partial charge in [-0.3, -0.25) is 28.7 Å². The molecule has 0 aromatic carbocycles. The van der Waals surface area contributed by atoms with E-state index >= 15 is 0 Å². The van der Waals surface area contributed by atoms with Gasteiger partial charge in [0.1, 0.15) is 36.6 Å². The smallest absolute Gasteiger partial charge is 0.482 e. The van der Waals surface area contributed by atoms with Gasteiger partial charge in [-0.25, -0.2) is 9.59 Å². The number of aliphatic hydroxyl groups is 2. The van der Waals surface area contributed by atoms with Crippen LogP contribution in [0, 0.1) is 5.92 Å². The summed E-state index contributed by atoms with van der Waals surface area (Å²) in [6.45, 7) is 4.03. The summed E-state index contributed by atoms with van der Waals surface area (Å²) in [4.78, 5) is 78.5. The number of H-pyrrole nitrogens is 1. The molecule has 1 aromatic rings. The number of unbranched alkanes of at least 4 members (excludes halogenated alkanes) is 5. The predicted octanol–water partition coefficient (Wildman–Crippen LogP) is 0.000800. The molecule has 0 radical (unpaired) electrons. The quantitative estimate of drug-likeness (QED) is 0.0966. The summed E-state index contributed by atoms with van der Waals surface area (Å²) in [7, 11) is 1.25. The second kappa shape index (κ2) is 19.0. The van der Waals surface area contributed by atoms with Gasteiger partial charge in [-0.1, -0.05) is 39.0 Å². The molecule has 4 rings (SSSR count). The van der Waals surface area contributed by atoms with Gasteiger partial charge in [0.25, 0.3) is 11.5 Å². The van der Waals surface area contributed by atoms with Crippen molar-refractivity contribution >= 4 is 23.9 Å². The Hall–Kier alpha value is -4.26. The van der Waals surface area contributed by atoms with Crippen molar-refractivity contribution in [3.05, 3.63) is 44.9 Å². The van der Waals surface area contributed by atoms with Crippen molar-refractivity contribution in [1.82, 2.24) is 20.2 Å². The fraction of sp³-hybridized carbons (Fsp3) is 0.706. The van der Waals surface area contributed by atoms with Crippen LogP contribution in [0.2, 0.25) is 0 Å². The number of carbonyl (C=O) groups excluding carboxylic acids is 4. The molecule has 290 valence electrons. The summed E-state index contributed by atoms with van der Waals surface area (Å²) >= 11 is 0. The van der Waals surface area contributed by atoms with Gasteiger partial charge in [0, 0.05) is 31.8 Å². The highest BCUT2D eigenvalue weighted by atomic mass is 16.7. The van der Waals surface area contributed by atoms with Crippen molar-refractivity contribution in [2.45, 2.75) is 133 Å². The van der Waals surface area contributed by atoms with Crippen LogP contribution < -0.4 is 27.6 Å². The lowest BCUT2D eigenvalue weighted by molar-refractivity contribution is -0.142. The Balaban J connectivity index is 1.52. The van der Waals surface area contributed by atoms with Crippen LogP contribution in [0.25, 0.3) is 0 Å². The van der Waals surface area contributed by atoms with Crippen molar-refractivity contribution in [1.29, 1.82) is 0 Å². The predicted molar refractivity (Wildman–Crippen MR) is 181 cm³/mol. The van der Waals surface area contributed by atoms with Gasteiger partial charge >= 0.3 is 11.8 Å². The summed E-state index contributed by atoms with van der Waals surface area (Å²) < 4.78 is 29.4. The molecule has 1 aromatic heterocycles. The van der Waals surface area contributed by atoms with E-state index in [-0.39, 0.29) is 18.6 Å². The van der Waals surface area contributed by atoms with Gasteiger partial charge in [-0.15, -0.1) is 0 Å². The monoisotopic (exact) mass is 737 g/mol. The number of methoxy groups -OCH3 is 1. The summed E-state index contributed by atoms with van der Waals surface area (Å²) in [5.74, 6) is -3.94. The highest BCUT2D eigenvalue weighted by Crippen LogP contribution is 2.39. The minimum atomic E-state index is -1.63. The number of primary amides is 1. The highest BCUT2D eigenvalue weighted by molar-refractivity contribution is 5.95. The molecule has 0 bridgehead atoms. The number of carbonyl (C=O) groups is 4. The Bertz CT molecular complexity index is 1550. The lowest BCUT2D eigenvalue weighted by atomic mass is 9.87. The SMILES string of the molecule is CCCCCCCCOC(=O)O[C@@H]1[C@H](OC)[C@@H]([C@@H](C[C@H]2OC(C(=O)N[C@H]3CCC[C@@H](C)NC3=O)=C[C@H](O)[C@@H]2O)C(N)=O)O[C@H]1n1ccc(=O)[nH]c1=O. The first-order chi connectivity index (χ1) is 24.8. The molecule has 0 aliphatic carbocycles. The van der Waals surface area contributed by atoms with E-state index in [4.69, 9.17) is 29.4 Å². The Morgan fingerprint density at radius 3 is 2.52 bits per heavy atom. The van der Waals surface area contributed by atoms with Crippen LogP contribution in [0.1, 0.15) is 84.3 Å². The van der Waals surface area contributed by atoms with Crippen LogP contribution in [0.5, 0.6) is 0 Å².